The van der Waals surface area contributed by atoms with Gasteiger partial charge in [-0.05, 0) is 30.5 Å². The quantitative estimate of drug-likeness (QED) is 0.830. The predicted molar refractivity (Wildman–Crippen MR) is 81.8 cm³/mol. The molecule has 7 nitrogen and oxygen atoms in total. The number of rotatable bonds is 5. The number of ether oxygens (including phenoxy) is 1. The number of likely N-dealkylation sites (N-methyl/N-ethyl adjacent to an activating group) is 1. The van der Waals surface area contributed by atoms with E-state index in [9.17, 15) is 14.4 Å². The standard InChI is InChI=1S/C16H20N2O5/c1-17-14(19)11-5-3-10(4-6-11)9-18(2)15(20)12-7-8-13(23-12)16(21)22/h3-6,12-13H,7-9H2,1-2H3,(H,17,19)(H,21,22)/t12-,13+/m0/s1. The Morgan fingerprint density at radius 3 is 2.35 bits per heavy atom. The van der Waals surface area contributed by atoms with Crippen molar-refractivity contribution in [3.05, 3.63) is 35.4 Å². The average molecular weight is 320 g/mol. The average Bonchev–Trinajstić information content (AvgIpc) is 3.04. The van der Waals surface area contributed by atoms with Gasteiger partial charge in [-0.1, -0.05) is 12.1 Å². The van der Waals surface area contributed by atoms with Gasteiger partial charge in [0.25, 0.3) is 11.8 Å². The van der Waals surface area contributed by atoms with Crippen LogP contribution >= 0.6 is 0 Å². The van der Waals surface area contributed by atoms with Crippen molar-refractivity contribution < 1.29 is 24.2 Å². The molecular formula is C16H20N2O5. The van der Waals surface area contributed by atoms with Crippen LogP contribution in [-0.2, 0) is 20.9 Å². The smallest absolute Gasteiger partial charge is 0.332 e. The summed E-state index contributed by atoms with van der Waals surface area (Å²) in [6.07, 6.45) is -0.841. The molecule has 2 N–H and O–H groups in total. The molecule has 1 fully saturated rings. The second-order valence-corrected chi connectivity index (χ2v) is 5.50. The van der Waals surface area contributed by atoms with E-state index in [1.165, 1.54) is 4.90 Å². The van der Waals surface area contributed by atoms with Crippen molar-refractivity contribution in [2.24, 2.45) is 0 Å². The number of nitrogens with zero attached hydrogens (tertiary/aromatic N) is 1. The Labute approximate surface area is 134 Å². The summed E-state index contributed by atoms with van der Waals surface area (Å²) in [5, 5.41) is 11.4. The Morgan fingerprint density at radius 2 is 1.83 bits per heavy atom. The Bertz CT molecular complexity index is 599. The first kappa shape index (κ1) is 17.0. The summed E-state index contributed by atoms with van der Waals surface area (Å²) in [6, 6.07) is 6.95. The fourth-order valence-corrected chi connectivity index (χ4v) is 2.50. The molecule has 23 heavy (non-hydrogen) atoms. The number of carbonyl (C=O) groups is 3. The van der Waals surface area contributed by atoms with Crippen molar-refractivity contribution >= 4 is 17.8 Å². The maximum atomic E-state index is 12.3. The van der Waals surface area contributed by atoms with Gasteiger partial charge in [0.05, 0.1) is 0 Å². The molecule has 0 unspecified atom stereocenters. The zero-order chi connectivity index (χ0) is 17.0. The summed E-state index contributed by atoms with van der Waals surface area (Å²) < 4.78 is 5.26. The van der Waals surface area contributed by atoms with Crippen molar-refractivity contribution in [1.29, 1.82) is 0 Å². The third kappa shape index (κ3) is 4.07. The molecule has 1 saturated heterocycles. The van der Waals surface area contributed by atoms with Gasteiger partial charge < -0.3 is 20.1 Å². The van der Waals surface area contributed by atoms with E-state index in [0.29, 0.717) is 24.9 Å². The summed E-state index contributed by atoms with van der Waals surface area (Å²) in [7, 11) is 3.21. The number of aliphatic carboxylic acids is 1. The number of amides is 2. The number of carboxylic acids is 1. The highest BCUT2D eigenvalue weighted by Crippen LogP contribution is 2.22. The van der Waals surface area contributed by atoms with Crippen molar-refractivity contribution in [3.63, 3.8) is 0 Å². The maximum absolute atomic E-state index is 12.3. The molecular weight excluding hydrogens is 300 g/mol. The lowest BCUT2D eigenvalue weighted by Gasteiger charge is -2.21. The first-order valence-corrected chi connectivity index (χ1v) is 7.36. The van der Waals surface area contributed by atoms with E-state index in [2.05, 4.69) is 5.32 Å². The minimum absolute atomic E-state index is 0.167. The molecule has 0 aliphatic carbocycles. The number of benzene rings is 1. The Hall–Kier alpha value is -2.41. The molecule has 1 aromatic rings. The van der Waals surface area contributed by atoms with E-state index < -0.39 is 18.2 Å². The molecule has 2 amide bonds. The topological polar surface area (TPSA) is 95.9 Å². The van der Waals surface area contributed by atoms with Crippen LogP contribution in [0.15, 0.2) is 24.3 Å². The van der Waals surface area contributed by atoms with Gasteiger partial charge in [-0.3, -0.25) is 9.59 Å². The van der Waals surface area contributed by atoms with Crippen LogP contribution < -0.4 is 5.32 Å². The minimum Gasteiger partial charge on any atom is -0.479 e. The maximum Gasteiger partial charge on any atom is 0.332 e. The Kier molecular flexibility index (Phi) is 5.33. The summed E-state index contributed by atoms with van der Waals surface area (Å²) in [5.74, 6) is -1.43. The van der Waals surface area contributed by atoms with Crippen molar-refractivity contribution in [2.75, 3.05) is 14.1 Å². The van der Waals surface area contributed by atoms with Crippen LogP contribution in [-0.4, -0.2) is 54.1 Å². The fraction of sp³-hybridized carbons (Fsp3) is 0.438. The van der Waals surface area contributed by atoms with Crippen LogP contribution in [0.2, 0.25) is 0 Å². The molecule has 0 radical (unpaired) electrons. The third-order valence-corrected chi connectivity index (χ3v) is 3.81. The minimum atomic E-state index is -1.03. The number of nitrogens with one attached hydrogen (secondary N) is 1. The highest BCUT2D eigenvalue weighted by molar-refractivity contribution is 5.93. The van der Waals surface area contributed by atoms with Crippen LogP contribution in [0.5, 0.6) is 0 Å². The Balaban J connectivity index is 1.93. The number of hydrogen-bond donors (Lipinski definition) is 2. The van der Waals surface area contributed by atoms with Crippen molar-refractivity contribution in [1.82, 2.24) is 10.2 Å². The fourth-order valence-electron chi connectivity index (χ4n) is 2.50. The van der Waals surface area contributed by atoms with Gasteiger partial charge in [-0.15, -0.1) is 0 Å². The summed E-state index contributed by atoms with van der Waals surface area (Å²) in [6.45, 7) is 0.366. The molecule has 1 aromatic carbocycles. The molecule has 1 aliphatic heterocycles. The highest BCUT2D eigenvalue weighted by Gasteiger charge is 2.35. The second kappa shape index (κ2) is 7.23. The lowest BCUT2D eigenvalue weighted by Crippen LogP contribution is -2.36. The van der Waals surface area contributed by atoms with Gasteiger partial charge in [-0.2, -0.15) is 0 Å². The van der Waals surface area contributed by atoms with Crippen LogP contribution in [0.1, 0.15) is 28.8 Å². The van der Waals surface area contributed by atoms with Gasteiger partial charge in [-0.25, -0.2) is 4.79 Å². The van der Waals surface area contributed by atoms with Crippen LogP contribution in [0.3, 0.4) is 0 Å². The zero-order valence-corrected chi connectivity index (χ0v) is 13.1. The molecule has 1 aliphatic rings. The Morgan fingerprint density at radius 1 is 1.22 bits per heavy atom. The molecule has 0 spiro atoms. The summed E-state index contributed by atoms with van der Waals surface area (Å²) in [4.78, 5) is 36.1. The van der Waals surface area contributed by atoms with Gasteiger partial charge in [0.15, 0.2) is 6.10 Å². The monoisotopic (exact) mass is 320 g/mol. The molecule has 124 valence electrons. The van der Waals surface area contributed by atoms with E-state index >= 15 is 0 Å². The van der Waals surface area contributed by atoms with E-state index in [4.69, 9.17) is 9.84 Å². The van der Waals surface area contributed by atoms with Crippen LogP contribution in [0.25, 0.3) is 0 Å². The molecule has 0 saturated carbocycles. The number of carboxylic acid groups (broad SMARTS) is 1. The molecule has 2 rings (SSSR count). The largest absolute Gasteiger partial charge is 0.479 e. The van der Waals surface area contributed by atoms with Crippen LogP contribution in [0.4, 0.5) is 0 Å². The van der Waals surface area contributed by atoms with E-state index in [1.54, 1.807) is 38.4 Å². The normalized spacial score (nSPS) is 20.1. The molecule has 0 aromatic heterocycles. The highest BCUT2D eigenvalue weighted by atomic mass is 16.5. The molecule has 0 bridgehead atoms. The zero-order valence-electron chi connectivity index (χ0n) is 13.1. The number of carbonyl (C=O) groups excluding carboxylic acids is 2. The van der Waals surface area contributed by atoms with E-state index in [-0.39, 0.29) is 11.8 Å². The molecule has 7 heteroatoms. The van der Waals surface area contributed by atoms with E-state index in [0.717, 1.165) is 5.56 Å². The van der Waals surface area contributed by atoms with Crippen molar-refractivity contribution in [3.8, 4) is 0 Å². The van der Waals surface area contributed by atoms with Gasteiger partial charge in [0, 0.05) is 26.2 Å². The van der Waals surface area contributed by atoms with Crippen molar-refractivity contribution in [2.45, 2.75) is 31.6 Å². The van der Waals surface area contributed by atoms with E-state index in [1.807, 2.05) is 0 Å². The molecule has 2 atom stereocenters. The van der Waals surface area contributed by atoms with Gasteiger partial charge >= 0.3 is 5.97 Å². The van der Waals surface area contributed by atoms with Gasteiger partial charge in [0.1, 0.15) is 6.10 Å². The van der Waals surface area contributed by atoms with Gasteiger partial charge in [0.2, 0.25) is 0 Å². The summed E-state index contributed by atoms with van der Waals surface area (Å²) in [5.41, 5.74) is 1.43. The summed E-state index contributed by atoms with van der Waals surface area (Å²) >= 11 is 0. The second-order valence-electron chi connectivity index (χ2n) is 5.50. The third-order valence-electron chi connectivity index (χ3n) is 3.81. The first-order valence-electron chi connectivity index (χ1n) is 7.36. The molecule has 1 heterocycles. The lowest BCUT2D eigenvalue weighted by atomic mass is 10.1. The van der Waals surface area contributed by atoms with Crippen LogP contribution in [0, 0.1) is 0 Å². The lowest BCUT2D eigenvalue weighted by molar-refractivity contribution is -0.154. The number of hydrogen-bond acceptors (Lipinski definition) is 4. The predicted octanol–water partition coefficient (Wildman–Crippen LogP) is 0.637. The first-order chi connectivity index (χ1) is 10.9. The SMILES string of the molecule is CNC(=O)c1ccc(CN(C)C(=O)[C@@H]2CC[C@H](C(=O)O)O2)cc1.